The molecular weight excluding hydrogens is 190 g/mol. The minimum absolute atomic E-state index is 0.211. The highest BCUT2D eigenvalue weighted by Gasteiger charge is 2.40. The highest BCUT2D eigenvalue weighted by molar-refractivity contribution is 5.44. The standard InChI is InChI=1S/C12H17NO2/c1-13(2)10-7-9(10)8-4-5-11(14)12(6-8)15-3/h4-6,9-10,14H,7H2,1-3H3. The van der Waals surface area contributed by atoms with Crippen molar-refractivity contribution in [1.29, 1.82) is 0 Å². The summed E-state index contributed by atoms with van der Waals surface area (Å²) in [6.45, 7) is 0. The van der Waals surface area contributed by atoms with Crippen LogP contribution in [-0.2, 0) is 0 Å². The lowest BCUT2D eigenvalue weighted by atomic mass is 10.1. The van der Waals surface area contributed by atoms with Gasteiger partial charge in [-0.25, -0.2) is 0 Å². The molecule has 3 nitrogen and oxygen atoms in total. The molecule has 0 bridgehead atoms. The van der Waals surface area contributed by atoms with Crippen LogP contribution in [0.15, 0.2) is 18.2 Å². The Morgan fingerprint density at radius 1 is 1.40 bits per heavy atom. The maximum absolute atomic E-state index is 9.48. The molecule has 1 aromatic carbocycles. The summed E-state index contributed by atoms with van der Waals surface area (Å²) in [5.74, 6) is 1.37. The second-order valence-corrected chi connectivity index (χ2v) is 4.30. The predicted molar refractivity (Wildman–Crippen MR) is 59.5 cm³/mol. The van der Waals surface area contributed by atoms with Crippen molar-refractivity contribution < 1.29 is 9.84 Å². The Morgan fingerprint density at radius 2 is 2.13 bits per heavy atom. The van der Waals surface area contributed by atoms with E-state index in [1.54, 1.807) is 13.2 Å². The number of hydrogen-bond donors (Lipinski definition) is 1. The van der Waals surface area contributed by atoms with Crippen molar-refractivity contribution in [3.8, 4) is 11.5 Å². The Balaban J connectivity index is 2.17. The zero-order chi connectivity index (χ0) is 11.0. The van der Waals surface area contributed by atoms with Crippen molar-refractivity contribution in [3.05, 3.63) is 23.8 Å². The monoisotopic (exact) mass is 207 g/mol. The molecule has 82 valence electrons. The van der Waals surface area contributed by atoms with Crippen molar-refractivity contribution in [3.63, 3.8) is 0 Å². The molecule has 1 saturated carbocycles. The average molecular weight is 207 g/mol. The maximum atomic E-state index is 9.48. The van der Waals surface area contributed by atoms with Crippen LogP contribution in [0.25, 0.3) is 0 Å². The molecule has 2 rings (SSSR count). The number of benzene rings is 1. The van der Waals surface area contributed by atoms with Crippen LogP contribution in [0.3, 0.4) is 0 Å². The zero-order valence-corrected chi connectivity index (χ0v) is 9.40. The van der Waals surface area contributed by atoms with Gasteiger partial charge in [0.2, 0.25) is 0 Å². The molecule has 0 radical (unpaired) electrons. The number of likely N-dealkylation sites (N-methyl/N-ethyl adjacent to an activating group) is 1. The van der Waals surface area contributed by atoms with Crippen molar-refractivity contribution >= 4 is 0 Å². The van der Waals surface area contributed by atoms with E-state index in [0.29, 0.717) is 17.7 Å². The molecule has 2 unspecified atom stereocenters. The molecule has 0 amide bonds. The predicted octanol–water partition coefficient (Wildman–Crippen LogP) is 1.82. The first-order valence-electron chi connectivity index (χ1n) is 5.17. The highest BCUT2D eigenvalue weighted by atomic mass is 16.5. The molecule has 1 aromatic rings. The Morgan fingerprint density at radius 3 is 2.67 bits per heavy atom. The molecule has 1 fully saturated rings. The van der Waals surface area contributed by atoms with Crippen LogP contribution < -0.4 is 4.74 Å². The van der Waals surface area contributed by atoms with Gasteiger partial charge in [-0.2, -0.15) is 0 Å². The zero-order valence-electron chi connectivity index (χ0n) is 9.40. The average Bonchev–Trinajstić information content (AvgIpc) is 2.98. The molecule has 0 aliphatic heterocycles. The van der Waals surface area contributed by atoms with Gasteiger partial charge in [-0.3, -0.25) is 0 Å². The third-order valence-corrected chi connectivity index (χ3v) is 3.05. The summed E-state index contributed by atoms with van der Waals surface area (Å²) in [4.78, 5) is 2.24. The fraction of sp³-hybridized carbons (Fsp3) is 0.500. The smallest absolute Gasteiger partial charge is 0.160 e. The summed E-state index contributed by atoms with van der Waals surface area (Å²) in [7, 11) is 5.78. The van der Waals surface area contributed by atoms with E-state index in [1.807, 2.05) is 12.1 Å². The lowest BCUT2D eigenvalue weighted by Gasteiger charge is -2.10. The molecule has 0 heterocycles. The van der Waals surface area contributed by atoms with E-state index >= 15 is 0 Å². The van der Waals surface area contributed by atoms with Gasteiger partial charge < -0.3 is 14.7 Å². The van der Waals surface area contributed by atoms with Gasteiger partial charge in [0.05, 0.1) is 7.11 Å². The van der Waals surface area contributed by atoms with Crippen LogP contribution in [0.5, 0.6) is 11.5 Å². The van der Waals surface area contributed by atoms with Crippen molar-refractivity contribution in [2.24, 2.45) is 0 Å². The van der Waals surface area contributed by atoms with Crippen LogP contribution in [0, 0.1) is 0 Å². The first-order valence-corrected chi connectivity index (χ1v) is 5.17. The van der Waals surface area contributed by atoms with E-state index in [-0.39, 0.29) is 5.75 Å². The maximum Gasteiger partial charge on any atom is 0.160 e. The van der Waals surface area contributed by atoms with E-state index in [1.165, 1.54) is 12.0 Å². The Kier molecular flexibility index (Phi) is 2.57. The van der Waals surface area contributed by atoms with Crippen LogP contribution in [-0.4, -0.2) is 37.3 Å². The molecule has 0 aromatic heterocycles. The van der Waals surface area contributed by atoms with Crippen molar-refractivity contribution in [2.45, 2.75) is 18.4 Å². The van der Waals surface area contributed by atoms with E-state index in [2.05, 4.69) is 19.0 Å². The van der Waals surface area contributed by atoms with Gasteiger partial charge >= 0.3 is 0 Å². The van der Waals surface area contributed by atoms with Gasteiger partial charge in [0, 0.05) is 12.0 Å². The number of aromatic hydroxyl groups is 1. The Bertz CT molecular complexity index is 363. The van der Waals surface area contributed by atoms with Gasteiger partial charge in [0.15, 0.2) is 11.5 Å². The largest absolute Gasteiger partial charge is 0.504 e. The topological polar surface area (TPSA) is 32.7 Å². The first-order chi connectivity index (χ1) is 7.13. The summed E-state index contributed by atoms with van der Waals surface area (Å²) >= 11 is 0. The molecule has 0 saturated heterocycles. The summed E-state index contributed by atoms with van der Waals surface area (Å²) in [5, 5.41) is 9.48. The number of phenolic OH excluding ortho intramolecular Hbond substituents is 1. The van der Waals surface area contributed by atoms with Crippen LogP contribution in [0.2, 0.25) is 0 Å². The fourth-order valence-electron chi connectivity index (χ4n) is 2.04. The quantitative estimate of drug-likeness (QED) is 0.820. The summed E-state index contributed by atoms with van der Waals surface area (Å²) in [5.41, 5.74) is 1.25. The minimum Gasteiger partial charge on any atom is -0.504 e. The highest BCUT2D eigenvalue weighted by Crippen LogP contribution is 2.45. The number of ether oxygens (including phenoxy) is 1. The molecule has 1 N–H and O–H groups in total. The summed E-state index contributed by atoms with van der Waals surface area (Å²) < 4.78 is 5.10. The molecular formula is C12H17NO2. The fourth-order valence-corrected chi connectivity index (χ4v) is 2.04. The third kappa shape index (κ3) is 1.92. The minimum atomic E-state index is 0.211. The first kappa shape index (κ1) is 10.3. The van der Waals surface area contributed by atoms with Gasteiger partial charge in [-0.15, -0.1) is 0 Å². The summed E-state index contributed by atoms with van der Waals surface area (Å²) in [6, 6.07) is 6.26. The van der Waals surface area contributed by atoms with Gasteiger partial charge in [0.1, 0.15) is 0 Å². The number of methoxy groups -OCH3 is 1. The molecule has 1 aliphatic carbocycles. The molecule has 1 aliphatic rings. The number of hydrogen-bond acceptors (Lipinski definition) is 3. The van der Waals surface area contributed by atoms with Crippen molar-refractivity contribution in [2.75, 3.05) is 21.2 Å². The van der Waals surface area contributed by atoms with Gasteiger partial charge in [0.25, 0.3) is 0 Å². The number of rotatable bonds is 3. The van der Waals surface area contributed by atoms with Gasteiger partial charge in [-0.1, -0.05) is 6.07 Å². The van der Waals surface area contributed by atoms with Gasteiger partial charge in [-0.05, 0) is 38.2 Å². The van der Waals surface area contributed by atoms with E-state index in [4.69, 9.17) is 4.74 Å². The number of phenols is 1. The number of nitrogens with zero attached hydrogens (tertiary/aromatic N) is 1. The third-order valence-electron chi connectivity index (χ3n) is 3.05. The molecule has 2 atom stereocenters. The summed E-state index contributed by atoms with van der Waals surface area (Å²) in [6.07, 6.45) is 1.20. The van der Waals surface area contributed by atoms with E-state index < -0.39 is 0 Å². The van der Waals surface area contributed by atoms with Crippen molar-refractivity contribution in [1.82, 2.24) is 4.90 Å². The van der Waals surface area contributed by atoms with E-state index in [9.17, 15) is 5.11 Å². The van der Waals surface area contributed by atoms with Crippen LogP contribution in [0.1, 0.15) is 17.9 Å². The molecule has 3 heteroatoms. The van der Waals surface area contributed by atoms with E-state index in [0.717, 1.165) is 0 Å². The second kappa shape index (κ2) is 3.74. The Hall–Kier alpha value is -1.22. The second-order valence-electron chi connectivity index (χ2n) is 4.30. The molecule has 15 heavy (non-hydrogen) atoms. The lowest BCUT2D eigenvalue weighted by molar-refractivity contribution is 0.371. The molecule has 0 spiro atoms. The van der Waals surface area contributed by atoms with Crippen LogP contribution in [0.4, 0.5) is 0 Å². The Labute approximate surface area is 90.3 Å². The SMILES string of the molecule is COc1cc(C2CC2N(C)C)ccc1O. The lowest BCUT2D eigenvalue weighted by Crippen LogP contribution is -2.15. The normalized spacial score (nSPS) is 24.3. The van der Waals surface area contributed by atoms with Crippen LogP contribution >= 0.6 is 0 Å².